The van der Waals surface area contributed by atoms with Crippen molar-refractivity contribution < 1.29 is 5.11 Å². The molecule has 1 aromatic carbocycles. The zero-order valence-corrected chi connectivity index (χ0v) is 21.1. The van der Waals surface area contributed by atoms with E-state index in [2.05, 4.69) is 43.4 Å². The van der Waals surface area contributed by atoms with Gasteiger partial charge in [0.05, 0.1) is 0 Å². The van der Waals surface area contributed by atoms with Gasteiger partial charge in [0, 0.05) is 0 Å². The van der Waals surface area contributed by atoms with Crippen LogP contribution in [0.5, 0.6) is 5.75 Å². The molecule has 2 aliphatic heterocycles. The summed E-state index contributed by atoms with van der Waals surface area (Å²) >= 11 is 1.54. The van der Waals surface area contributed by atoms with Crippen molar-refractivity contribution in [2.24, 2.45) is 0 Å². The Kier molecular flexibility index (Phi) is 7.78. The summed E-state index contributed by atoms with van der Waals surface area (Å²) < 4.78 is 1.60. The molecule has 3 rings (SSSR count). The molecule has 1 atom stereocenters. The first-order valence-corrected chi connectivity index (χ1v) is 12.7. The minimum atomic E-state index is -0.118. The molecule has 0 bridgehead atoms. The first kappa shape index (κ1) is 22.3. The van der Waals surface area contributed by atoms with Crippen LogP contribution in [-0.2, 0) is 0 Å². The SMILES string of the molecule is CCCCC1=CN2C=C(c3ccc(O)cc3)NC2(CCCC)C(CCCC)=[C]1[Sn]. The van der Waals surface area contributed by atoms with Gasteiger partial charge in [-0.3, -0.25) is 0 Å². The van der Waals surface area contributed by atoms with Crippen molar-refractivity contribution in [1.29, 1.82) is 0 Å². The molecule has 29 heavy (non-hydrogen) atoms. The molecule has 0 saturated heterocycles. The van der Waals surface area contributed by atoms with E-state index in [9.17, 15) is 5.11 Å². The molecule has 155 valence electrons. The van der Waals surface area contributed by atoms with Crippen molar-refractivity contribution in [3.8, 4) is 5.75 Å². The molecule has 3 radical (unpaired) electrons. The molecular weight excluding hydrogens is 463 g/mol. The van der Waals surface area contributed by atoms with Crippen molar-refractivity contribution in [1.82, 2.24) is 10.2 Å². The van der Waals surface area contributed by atoms with Crippen LogP contribution >= 0.6 is 0 Å². The van der Waals surface area contributed by atoms with E-state index in [0.29, 0.717) is 5.75 Å². The first-order valence-electron chi connectivity index (χ1n) is 11.3. The zero-order valence-electron chi connectivity index (χ0n) is 18.2. The van der Waals surface area contributed by atoms with E-state index in [4.69, 9.17) is 0 Å². The van der Waals surface area contributed by atoms with Crippen molar-refractivity contribution >= 4 is 28.2 Å². The van der Waals surface area contributed by atoms with E-state index >= 15 is 0 Å². The molecule has 2 N–H and O–H groups in total. The second-order valence-electron chi connectivity index (χ2n) is 8.30. The maximum atomic E-state index is 9.70. The van der Waals surface area contributed by atoms with Gasteiger partial charge in [0.25, 0.3) is 0 Å². The molecule has 0 aliphatic carbocycles. The Morgan fingerprint density at radius 1 is 0.931 bits per heavy atom. The Balaban J connectivity index is 2.03. The monoisotopic (exact) mass is 499 g/mol. The summed E-state index contributed by atoms with van der Waals surface area (Å²) in [5.41, 5.74) is 5.33. The number of fused-ring (bicyclic) bond motifs is 1. The van der Waals surface area contributed by atoms with Gasteiger partial charge in [-0.25, -0.2) is 0 Å². The molecule has 0 saturated carbocycles. The molecule has 2 aliphatic rings. The number of phenolic OH excluding ortho intramolecular Hbond substituents is 1. The standard InChI is InChI=1S/C25H35N2O.Sn/c1-4-7-10-20-17-22(11-8-5-2)25(16-9-6-3)26-24(19-27(25)18-20)21-12-14-23(28)15-13-21;/h12-15,18-19,26,28H,4-11,16H2,1-3H3;. The van der Waals surface area contributed by atoms with E-state index in [1.54, 1.807) is 43.8 Å². The van der Waals surface area contributed by atoms with Crippen LogP contribution in [0.25, 0.3) is 5.70 Å². The summed E-state index contributed by atoms with van der Waals surface area (Å²) in [6.07, 6.45) is 15.5. The average Bonchev–Trinajstić information content (AvgIpc) is 3.10. The number of benzene rings is 1. The van der Waals surface area contributed by atoms with Crippen molar-refractivity contribution in [3.05, 3.63) is 57.0 Å². The number of rotatable bonds is 10. The predicted octanol–water partition coefficient (Wildman–Crippen LogP) is 6.18. The fourth-order valence-corrected chi connectivity index (χ4v) is 5.87. The van der Waals surface area contributed by atoms with Gasteiger partial charge in [-0.2, -0.15) is 0 Å². The maximum absolute atomic E-state index is 9.70. The van der Waals surface area contributed by atoms with Crippen molar-refractivity contribution in [2.75, 3.05) is 0 Å². The number of allylic oxidation sites excluding steroid dienone is 2. The third-order valence-corrected chi connectivity index (χ3v) is 7.90. The fourth-order valence-electron chi connectivity index (χ4n) is 4.39. The summed E-state index contributed by atoms with van der Waals surface area (Å²) in [4.78, 5) is 2.48. The minimum absolute atomic E-state index is 0.118. The quantitative estimate of drug-likeness (QED) is 0.378. The van der Waals surface area contributed by atoms with E-state index in [0.717, 1.165) is 17.7 Å². The first-order chi connectivity index (χ1) is 14.1. The van der Waals surface area contributed by atoms with Gasteiger partial charge < -0.3 is 0 Å². The second kappa shape index (κ2) is 10.1. The number of hydrogen-bond acceptors (Lipinski definition) is 3. The summed E-state index contributed by atoms with van der Waals surface area (Å²) in [7, 11) is 0. The van der Waals surface area contributed by atoms with E-state index < -0.39 is 0 Å². The Morgan fingerprint density at radius 2 is 1.59 bits per heavy atom. The van der Waals surface area contributed by atoms with Crippen LogP contribution in [0.1, 0.15) is 84.1 Å². The summed E-state index contributed by atoms with van der Waals surface area (Å²) in [6.45, 7) is 6.85. The number of hydrogen-bond donors (Lipinski definition) is 2. The van der Waals surface area contributed by atoms with Gasteiger partial charge in [0.2, 0.25) is 0 Å². The molecule has 3 nitrogen and oxygen atoms in total. The fraction of sp³-hybridized carbons (Fsp3) is 0.520. The van der Waals surface area contributed by atoms with Crippen LogP contribution < -0.4 is 5.32 Å². The van der Waals surface area contributed by atoms with Crippen LogP contribution in [0, 0.1) is 0 Å². The Bertz CT molecular complexity index is 794. The van der Waals surface area contributed by atoms with Gasteiger partial charge >= 0.3 is 190 Å². The average molecular weight is 498 g/mol. The molecular formula is C25H35N2OSn. The molecule has 0 amide bonds. The molecule has 1 aromatic rings. The normalized spacial score (nSPS) is 21.0. The third-order valence-electron chi connectivity index (χ3n) is 6.12. The second-order valence-corrected chi connectivity index (χ2v) is 9.73. The number of phenols is 1. The molecule has 0 fully saturated rings. The van der Waals surface area contributed by atoms with Crippen LogP contribution in [0.3, 0.4) is 0 Å². The van der Waals surface area contributed by atoms with Crippen LogP contribution in [0.4, 0.5) is 0 Å². The van der Waals surface area contributed by atoms with Crippen molar-refractivity contribution in [2.45, 2.75) is 84.2 Å². The summed E-state index contributed by atoms with van der Waals surface area (Å²) in [5.74, 6) is 0.316. The third kappa shape index (κ3) is 4.70. The molecule has 1 unspecified atom stereocenters. The zero-order chi connectivity index (χ0) is 20.9. The summed E-state index contributed by atoms with van der Waals surface area (Å²) in [5, 5.41) is 13.7. The van der Waals surface area contributed by atoms with E-state index in [1.807, 2.05) is 12.1 Å². The van der Waals surface area contributed by atoms with E-state index in [-0.39, 0.29) is 5.66 Å². The van der Waals surface area contributed by atoms with Gasteiger partial charge in [-0.05, 0) is 0 Å². The van der Waals surface area contributed by atoms with Gasteiger partial charge in [0.15, 0.2) is 0 Å². The van der Waals surface area contributed by atoms with Gasteiger partial charge in [0.1, 0.15) is 0 Å². The van der Waals surface area contributed by atoms with Crippen LogP contribution in [-0.4, -0.2) is 38.2 Å². The molecule has 0 spiro atoms. The number of unbranched alkanes of at least 4 members (excludes halogenated alkanes) is 3. The van der Waals surface area contributed by atoms with Crippen molar-refractivity contribution in [3.63, 3.8) is 0 Å². The number of aromatic hydroxyl groups is 1. The van der Waals surface area contributed by atoms with Gasteiger partial charge in [-0.15, -0.1) is 0 Å². The van der Waals surface area contributed by atoms with Crippen LogP contribution in [0.15, 0.2) is 51.4 Å². The predicted molar refractivity (Wildman–Crippen MR) is 123 cm³/mol. The molecule has 4 heteroatoms. The molecule has 2 heterocycles. The Morgan fingerprint density at radius 3 is 2.24 bits per heavy atom. The summed E-state index contributed by atoms with van der Waals surface area (Å²) in [6, 6.07) is 7.57. The molecule has 0 aromatic heterocycles. The van der Waals surface area contributed by atoms with Crippen LogP contribution in [0.2, 0.25) is 0 Å². The Hall–Kier alpha value is -1.36. The number of nitrogens with zero attached hydrogens (tertiary/aromatic N) is 1. The Labute approximate surface area is 190 Å². The van der Waals surface area contributed by atoms with Gasteiger partial charge in [-0.1, -0.05) is 0 Å². The topological polar surface area (TPSA) is 35.5 Å². The van der Waals surface area contributed by atoms with E-state index in [1.165, 1.54) is 56.9 Å². The number of nitrogens with one attached hydrogen (secondary N) is 1.